The Labute approximate surface area is 141 Å². The van der Waals surface area contributed by atoms with E-state index >= 15 is 0 Å². The van der Waals surface area contributed by atoms with E-state index in [9.17, 15) is 27.2 Å². The summed E-state index contributed by atoms with van der Waals surface area (Å²) in [7, 11) is 0. The number of carbonyl (C=O) groups is 2. The number of aliphatic hydroxyl groups is 1. The summed E-state index contributed by atoms with van der Waals surface area (Å²) in [5, 5.41) is 8.65. The Morgan fingerprint density at radius 1 is 1.20 bits per heavy atom. The standard InChI is InChI=1S/C16H17F4NO4/c1-2-25-16(24)10(8-21-5-3-4-6-22)15(23)9-7-11(17)13(19)14(20)12(9)18/h7-8,10,22H,2-6H2,1H3. The molecule has 0 saturated carbocycles. The van der Waals surface area contributed by atoms with E-state index in [1.165, 1.54) is 6.92 Å². The monoisotopic (exact) mass is 363 g/mol. The van der Waals surface area contributed by atoms with Crippen LogP contribution in [0, 0.1) is 29.2 Å². The number of aliphatic hydroxyl groups excluding tert-OH is 1. The van der Waals surface area contributed by atoms with Crippen molar-refractivity contribution < 1.29 is 37.0 Å². The van der Waals surface area contributed by atoms with Gasteiger partial charge in [0.25, 0.3) is 0 Å². The van der Waals surface area contributed by atoms with Gasteiger partial charge in [-0.2, -0.15) is 0 Å². The van der Waals surface area contributed by atoms with Crippen LogP contribution in [0.15, 0.2) is 11.1 Å². The van der Waals surface area contributed by atoms with Crippen LogP contribution < -0.4 is 0 Å². The second-order valence-corrected chi connectivity index (χ2v) is 4.93. The number of halogens is 4. The first-order valence-corrected chi connectivity index (χ1v) is 7.49. The van der Waals surface area contributed by atoms with Crippen LogP contribution in [0.4, 0.5) is 17.6 Å². The van der Waals surface area contributed by atoms with E-state index in [1.807, 2.05) is 0 Å². The van der Waals surface area contributed by atoms with Crippen LogP contribution in [0.25, 0.3) is 0 Å². The van der Waals surface area contributed by atoms with Crippen molar-refractivity contribution >= 4 is 18.0 Å². The van der Waals surface area contributed by atoms with E-state index in [-0.39, 0.29) is 25.8 Å². The Morgan fingerprint density at radius 2 is 1.88 bits per heavy atom. The molecule has 5 nitrogen and oxygen atoms in total. The zero-order chi connectivity index (χ0) is 19.0. The molecule has 1 aromatic rings. The first-order chi connectivity index (χ1) is 11.8. The molecule has 1 atom stereocenters. The Bertz CT molecular complexity index is 664. The van der Waals surface area contributed by atoms with Crippen molar-refractivity contribution in [2.45, 2.75) is 19.8 Å². The highest BCUT2D eigenvalue weighted by Gasteiger charge is 2.32. The number of carbonyl (C=O) groups excluding carboxylic acids is 2. The number of rotatable bonds is 9. The summed E-state index contributed by atoms with van der Waals surface area (Å²) < 4.78 is 58.0. The molecule has 1 N–H and O–H groups in total. The smallest absolute Gasteiger partial charge is 0.322 e. The third-order valence-corrected chi connectivity index (χ3v) is 3.14. The predicted molar refractivity (Wildman–Crippen MR) is 80.4 cm³/mol. The van der Waals surface area contributed by atoms with Crippen LogP contribution in [0.1, 0.15) is 30.1 Å². The number of ether oxygens (including phenoxy) is 1. The highest BCUT2D eigenvalue weighted by atomic mass is 19.2. The molecule has 1 aromatic carbocycles. The van der Waals surface area contributed by atoms with Gasteiger partial charge in [-0.25, -0.2) is 17.6 Å². The number of esters is 1. The van der Waals surface area contributed by atoms with Crippen LogP contribution in [0.2, 0.25) is 0 Å². The van der Waals surface area contributed by atoms with Crippen molar-refractivity contribution in [2.24, 2.45) is 10.9 Å². The van der Waals surface area contributed by atoms with Crippen molar-refractivity contribution in [2.75, 3.05) is 19.8 Å². The SMILES string of the molecule is CCOC(=O)C(C=NCCCCO)C(=O)c1cc(F)c(F)c(F)c1F. The highest BCUT2D eigenvalue weighted by molar-refractivity contribution is 6.18. The van der Waals surface area contributed by atoms with E-state index < -0.39 is 46.5 Å². The topological polar surface area (TPSA) is 76.0 Å². The Morgan fingerprint density at radius 3 is 2.48 bits per heavy atom. The number of unbranched alkanes of at least 4 members (excludes halogenated alkanes) is 1. The zero-order valence-electron chi connectivity index (χ0n) is 13.4. The maximum absolute atomic E-state index is 13.8. The summed E-state index contributed by atoms with van der Waals surface area (Å²) >= 11 is 0. The van der Waals surface area contributed by atoms with Gasteiger partial charge < -0.3 is 9.84 Å². The lowest BCUT2D eigenvalue weighted by molar-refractivity contribution is -0.143. The third kappa shape index (κ3) is 5.35. The Balaban J connectivity index is 3.13. The van der Waals surface area contributed by atoms with Crippen LogP contribution in [0.5, 0.6) is 0 Å². The van der Waals surface area contributed by atoms with Gasteiger partial charge in [-0.1, -0.05) is 0 Å². The lowest BCUT2D eigenvalue weighted by atomic mass is 9.97. The number of benzene rings is 1. The molecule has 0 bridgehead atoms. The molecule has 0 aromatic heterocycles. The summed E-state index contributed by atoms with van der Waals surface area (Å²) in [4.78, 5) is 28.0. The molecule has 0 aliphatic carbocycles. The number of hydrogen-bond acceptors (Lipinski definition) is 5. The van der Waals surface area contributed by atoms with Gasteiger partial charge in [0, 0.05) is 19.4 Å². The van der Waals surface area contributed by atoms with Gasteiger partial charge in [0.15, 0.2) is 35.0 Å². The molecule has 0 saturated heterocycles. The Hall–Kier alpha value is -2.29. The summed E-state index contributed by atoms with van der Waals surface area (Å²) in [5.41, 5.74) is -1.11. The second kappa shape index (κ2) is 9.87. The summed E-state index contributed by atoms with van der Waals surface area (Å²) in [6.45, 7) is 1.48. The van der Waals surface area contributed by atoms with Gasteiger partial charge >= 0.3 is 5.97 Å². The molecular weight excluding hydrogens is 346 g/mol. The lowest BCUT2D eigenvalue weighted by Crippen LogP contribution is -2.29. The second-order valence-electron chi connectivity index (χ2n) is 4.93. The molecule has 0 amide bonds. The van der Waals surface area contributed by atoms with Crippen LogP contribution >= 0.6 is 0 Å². The first kappa shape index (κ1) is 20.8. The van der Waals surface area contributed by atoms with E-state index in [4.69, 9.17) is 5.11 Å². The molecule has 1 unspecified atom stereocenters. The van der Waals surface area contributed by atoms with E-state index in [0.717, 1.165) is 6.21 Å². The van der Waals surface area contributed by atoms with E-state index in [0.29, 0.717) is 12.8 Å². The first-order valence-electron chi connectivity index (χ1n) is 7.49. The number of Topliss-reactive ketones (excluding diaryl/α,β-unsaturated/α-hetero) is 1. The van der Waals surface area contributed by atoms with E-state index in [1.54, 1.807) is 0 Å². The van der Waals surface area contributed by atoms with Crippen LogP contribution in [-0.2, 0) is 9.53 Å². The number of aliphatic imine (C=N–C) groups is 1. The quantitative estimate of drug-likeness (QED) is 0.107. The molecule has 138 valence electrons. The highest BCUT2D eigenvalue weighted by Crippen LogP contribution is 2.21. The maximum atomic E-state index is 13.8. The number of hydrogen-bond donors (Lipinski definition) is 1. The molecular formula is C16H17F4NO4. The zero-order valence-corrected chi connectivity index (χ0v) is 13.4. The summed E-state index contributed by atoms with van der Waals surface area (Å²) in [6, 6.07) is 0.182. The fourth-order valence-electron chi connectivity index (χ4n) is 1.88. The average molecular weight is 363 g/mol. The van der Waals surface area contributed by atoms with Crippen LogP contribution in [0.3, 0.4) is 0 Å². The fraction of sp³-hybridized carbons (Fsp3) is 0.438. The van der Waals surface area contributed by atoms with E-state index in [2.05, 4.69) is 9.73 Å². The molecule has 0 heterocycles. The molecule has 0 fully saturated rings. The van der Waals surface area contributed by atoms with Crippen molar-refractivity contribution in [3.05, 3.63) is 34.9 Å². The van der Waals surface area contributed by atoms with Crippen molar-refractivity contribution in [1.29, 1.82) is 0 Å². The fourth-order valence-corrected chi connectivity index (χ4v) is 1.88. The normalized spacial score (nSPS) is 12.4. The minimum Gasteiger partial charge on any atom is -0.465 e. The van der Waals surface area contributed by atoms with Crippen molar-refractivity contribution in [3.63, 3.8) is 0 Å². The number of nitrogens with zero attached hydrogens (tertiary/aromatic N) is 1. The average Bonchev–Trinajstić information content (AvgIpc) is 2.59. The molecule has 0 aliphatic rings. The minimum absolute atomic E-state index is 0.0604. The summed E-state index contributed by atoms with van der Waals surface area (Å²) in [5.74, 6) is -12.0. The minimum atomic E-state index is -2.15. The van der Waals surface area contributed by atoms with Gasteiger partial charge in [0.05, 0.1) is 12.2 Å². The van der Waals surface area contributed by atoms with Gasteiger partial charge in [0.1, 0.15) is 0 Å². The molecule has 9 heteroatoms. The van der Waals surface area contributed by atoms with Crippen LogP contribution in [-0.4, -0.2) is 42.8 Å². The molecule has 25 heavy (non-hydrogen) atoms. The maximum Gasteiger partial charge on any atom is 0.322 e. The third-order valence-electron chi connectivity index (χ3n) is 3.14. The Kier molecular flexibility index (Phi) is 8.20. The number of ketones is 1. The van der Waals surface area contributed by atoms with Gasteiger partial charge in [0.2, 0.25) is 0 Å². The molecule has 0 aliphatic heterocycles. The molecule has 1 rings (SSSR count). The lowest BCUT2D eigenvalue weighted by Gasteiger charge is -2.12. The van der Waals surface area contributed by atoms with Gasteiger partial charge in [-0.15, -0.1) is 0 Å². The van der Waals surface area contributed by atoms with Gasteiger partial charge in [-0.05, 0) is 25.8 Å². The predicted octanol–water partition coefficient (Wildman–Crippen LogP) is 2.45. The largest absolute Gasteiger partial charge is 0.465 e. The molecule has 0 spiro atoms. The summed E-state index contributed by atoms with van der Waals surface area (Å²) in [6.07, 6.45) is 1.79. The van der Waals surface area contributed by atoms with Crippen molar-refractivity contribution in [3.8, 4) is 0 Å². The van der Waals surface area contributed by atoms with Gasteiger partial charge in [-0.3, -0.25) is 14.6 Å². The van der Waals surface area contributed by atoms with Crippen molar-refractivity contribution in [1.82, 2.24) is 0 Å². The molecule has 0 radical (unpaired) electrons.